The zero-order valence-electron chi connectivity index (χ0n) is 12.3. The average Bonchev–Trinajstić information content (AvgIpc) is 2.52. The van der Waals surface area contributed by atoms with Gasteiger partial charge in [-0.25, -0.2) is 0 Å². The number of aliphatic hydroxyl groups is 1. The van der Waals surface area contributed by atoms with Gasteiger partial charge in [0.25, 0.3) is 0 Å². The van der Waals surface area contributed by atoms with Crippen LogP contribution < -0.4 is 14.2 Å². The molecule has 0 radical (unpaired) electrons. The largest absolute Gasteiger partial charge is 0.493 e. The van der Waals surface area contributed by atoms with Crippen molar-refractivity contribution in [3.8, 4) is 17.2 Å². The van der Waals surface area contributed by atoms with Gasteiger partial charge >= 0.3 is 0 Å². The van der Waals surface area contributed by atoms with Crippen molar-refractivity contribution in [1.29, 1.82) is 0 Å². The van der Waals surface area contributed by atoms with Crippen LogP contribution in [0.1, 0.15) is 32.1 Å². The summed E-state index contributed by atoms with van der Waals surface area (Å²) in [6, 6.07) is 5.50. The molecule has 20 heavy (non-hydrogen) atoms. The molecule has 2 rings (SSSR count). The molecular weight excluding hydrogens is 256 g/mol. The summed E-state index contributed by atoms with van der Waals surface area (Å²) in [5.74, 6) is 2.16. The highest BCUT2D eigenvalue weighted by Gasteiger charge is 2.23. The topological polar surface area (TPSA) is 47.9 Å². The first-order valence-electron chi connectivity index (χ1n) is 7.28. The fourth-order valence-corrected chi connectivity index (χ4v) is 2.78. The Morgan fingerprint density at radius 3 is 2.25 bits per heavy atom. The van der Waals surface area contributed by atoms with Crippen molar-refractivity contribution >= 4 is 0 Å². The second-order valence-corrected chi connectivity index (χ2v) is 5.27. The van der Waals surface area contributed by atoms with E-state index in [0.29, 0.717) is 23.2 Å². The molecule has 0 aromatic heterocycles. The molecule has 1 saturated carbocycles. The monoisotopic (exact) mass is 280 g/mol. The maximum atomic E-state index is 10.3. The van der Waals surface area contributed by atoms with Crippen LogP contribution in [0.2, 0.25) is 0 Å². The van der Waals surface area contributed by atoms with E-state index in [9.17, 15) is 5.11 Å². The van der Waals surface area contributed by atoms with Crippen LogP contribution >= 0.6 is 0 Å². The smallest absolute Gasteiger partial charge is 0.203 e. The van der Waals surface area contributed by atoms with Crippen molar-refractivity contribution in [2.75, 3.05) is 20.8 Å². The maximum Gasteiger partial charge on any atom is 0.203 e. The first-order chi connectivity index (χ1) is 9.76. The molecule has 4 heteroatoms. The van der Waals surface area contributed by atoms with Gasteiger partial charge in [0.2, 0.25) is 5.75 Å². The molecule has 0 aliphatic heterocycles. The lowest BCUT2D eigenvalue weighted by atomic mass is 9.85. The van der Waals surface area contributed by atoms with Gasteiger partial charge in [-0.05, 0) is 30.9 Å². The van der Waals surface area contributed by atoms with Gasteiger partial charge < -0.3 is 19.3 Å². The van der Waals surface area contributed by atoms with Crippen LogP contribution in [0.3, 0.4) is 0 Å². The predicted molar refractivity (Wildman–Crippen MR) is 77.6 cm³/mol. The molecule has 0 heterocycles. The van der Waals surface area contributed by atoms with Crippen LogP contribution in [0.15, 0.2) is 18.2 Å². The van der Waals surface area contributed by atoms with Gasteiger partial charge in [-0.1, -0.05) is 25.3 Å². The maximum absolute atomic E-state index is 10.3. The van der Waals surface area contributed by atoms with E-state index in [-0.39, 0.29) is 6.61 Å². The number of ether oxygens (including phenoxy) is 3. The lowest BCUT2D eigenvalue weighted by Crippen LogP contribution is -2.29. The van der Waals surface area contributed by atoms with Crippen LogP contribution in [0.25, 0.3) is 0 Å². The van der Waals surface area contributed by atoms with Crippen molar-refractivity contribution in [1.82, 2.24) is 0 Å². The Morgan fingerprint density at radius 1 is 1.10 bits per heavy atom. The molecule has 1 fully saturated rings. The third-order valence-corrected chi connectivity index (χ3v) is 3.98. The molecule has 112 valence electrons. The molecule has 1 unspecified atom stereocenters. The second kappa shape index (κ2) is 7.39. The Labute approximate surface area is 120 Å². The Kier molecular flexibility index (Phi) is 5.53. The van der Waals surface area contributed by atoms with E-state index in [0.717, 1.165) is 12.8 Å². The van der Waals surface area contributed by atoms with Gasteiger partial charge in [0.1, 0.15) is 6.61 Å². The number of aliphatic hydroxyl groups excluding tert-OH is 1. The summed E-state index contributed by atoms with van der Waals surface area (Å²) >= 11 is 0. The van der Waals surface area contributed by atoms with E-state index in [1.54, 1.807) is 14.2 Å². The fourth-order valence-electron chi connectivity index (χ4n) is 2.78. The van der Waals surface area contributed by atoms with Gasteiger partial charge in [0.15, 0.2) is 11.5 Å². The van der Waals surface area contributed by atoms with E-state index >= 15 is 0 Å². The standard InChI is InChI=1S/C16H24O4/c1-18-14-9-6-10-15(19-2)16(14)20-11-13(17)12-7-4-3-5-8-12/h6,9-10,12-13,17H,3-5,7-8,11H2,1-2H3. The molecule has 1 N–H and O–H groups in total. The number of benzene rings is 1. The van der Waals surface area contributed by atoms with Crippen LogP contribution in [-0.2, 0) is 0 Å². The average molecular weight is 280 g/mol. The molecule has 1 aromatic rings. The summed E-state index contributed by atoms with van der Waals surface area (Å²) in [6.07, 6.45) is 5.45. The minimum atomic E-state index is -0.426. The minimum Gasteiger partial charge on any atom is -0.493 e. The summed E-state index contributed by atoms with van der Waals surface area (Å²) in [4.78, 5) is 0. The first kappa shape index (κ1) is 15.0. The molecule has 1 aromatic carbocycles. The summed E-state index contributed by atoms with van der Waals surface area (Å²) in [5, 5.41) is 10.3. The molecule has 0 spiro atoms. The van der Waals surface area contributed by atoms with Crippen molar-refractivity contribution < 1.29 is 19.3 Å². The Hall–Kier alpha value is -1.42. The van der Waals surface area contributed by atoms with Crippen molar-refractivity contribution in [3.63, 3.8) is 0 Å². The van der Waals surface area contributed by atoms with Crippen LogP contribution in [0.5, 0.6) is 17.2 Å². The highest BCUT2D eigenvalue weighted by atomic mass is 16.5. The number of methoxy groups -OCH3 is 2. The highest BCUT2D eigenvalue weighted by molar-refractivity contribution is 5.51. The third kappa shape index (κ3) is 3.57. The highest BCUT2D eigenvalue weighted by Crippen LogP contribution is 2.37. The SMILES string of the molecule is COc1cccc(OC)c1OCC(O)C1CCCCC1. The summed E-state index contributed by atoms with van der Waals surface area (Å²) < 4.78 is 16.3. The summed E-state index contributed by atoms with van der Waals surface area (Å²) in [5.41, 5.74) is 0. The molecule has 4 nitrogen and oxygen atoms in total. The summed E-state index contributed by atoms with van der Waals surface area (Å²) in [7, 11) is 3.19. The third-order valence-electron chi connectivity index (χ3n) is 3.98. The normalized spacial score (nSPS) is 17.6. The van der Waals surface area contributed by atoms with E-state index in [1.807, 2.05) is 18.2 Å². The van der Waals surface area contributed by atoms with Gasteiger partial charge in [0.05, 0.1) is 20.3 Å². The molecule has 0 bridgehead atoms. The van der Waals surface area contributed by atoms with Crippen LogP contribution in [0.4, 0.5) is 0 Å². The lowest BCUT2D eigenvalue weighted by Gasteiger charge is -2.26. The van der Waals surface area contributed by atoms with E-state index in [1.165, 1.54) is 19.3 Å². The molecule has 0 saturated heterocycles. The Balaban J connectivity index is 1.98. The Morgan fingerprint density at radius 2 is 1.70 bits per heavy atom. The number of hydrogen-bond donors (Lipinski definition) is 1. The van der Waals surface area contributed by atoms with E-state index < -0.39 is 6.10 Å². The second-order valence-electron chi connectivity index (χ2n) is 5.27. The molecule has 1 atom stereocenters. The summed E-state index contributed by atoms with van der Waals surface area (Å²) in [6.45, 7) is 0.279. The zero-order valence-corrected chi connectivity index (χ0v) is 12.3. The van der Waals surface area contributed by atoms with E-state index in [2.05, 4.69) is 0 Å². The zero-order chi connectivity index (χ0) is 14.4. The van der Waals surface area contributed by atoms with Gasteiger partial charge in [-0.3, -0.25) is 0 Å². The van der Waals surface area contributed by atoms with Gasteiger partial charge in [0, 0.05) is 0 Å². The van der Waals surface area contributed by atoms with Crippen LogP contribution in [-0.4, -0.2) is 32.0 Å². The molecular formula is C16H24O4. The van der Waals surface area contributed by atoms with Crippen molar-refractivity contribution in [2.45, 2.75) is 38.2 Å². The minimum absolute atomic E-state index is 0.279. The molecule has 0 amide bonds. The Bertz CT molecular complexity index is 391. The number of rotatable bonds is 6. The quantitative estimate of drug-likeness (QED) is 0.870. The van der Waals surface area contributed by atoms with Crippen molar-refractivity contribution in [3.05, 3.63) is 18.2 Å². The predicted octanol–water partition coefficient (Wildman–Crippen LogP) is 3.02. The first-order valence-corrected chi connectivity index (χ1v) is 7.28. The lowest BCUT2D eigenvalue weighted by molar-refractivity contribution is 0.0396. The fraction of sp³-hybridized carbons (Fsp3) is 0.625. The number of hydrogen-bond acceptors (Lipinski definition) is 4. The number of para-hydroxylation sites is 1. The van der Waals surface area contributed by atoms with Gasteiger partial charge in [-0.15, -0.1) is 0 Å². The molecule has 1 aliphatic rings. The van der Waals surface area contributed by atoms with Crippen LogP contribution in [0, 0.1) is 5.92 Å². The van der Waals surface area contributed by atoms with E-state index in [4.69, 9.17) is 14.2 Å². The molecule has 1 aliphatic carbocycles. The van der Waals surface area contributed by atoms with Crippen molar-refractivity contribution in [2.24, 2.45) is 5.92 Å². The van der Waals surface area contributed by atoms with Gasteiger partial charge in [-0.2, -0.15) is 0 Å².